The second-order valence-corrected chi connectivity index (χ2v) is 5.33. The highest BCUT2D eigenvalue weighted by Gasteiger charge is 2.07. The molecule has 1 saturated heterocycles. The summed E-state index contributed by atoms with van der Waals surface area (Å²) >= 11 is 0. The second kappa shape index (κ2) is 6.17. The van der Waals surface area contributed by atoms with Crippen LogP contribution in [0.1, 0.15) is 6.42 Å². The van der Waals surface area contributed by atoms with Crippen molar-refractivity contribution in [2.45, 2.75) is 6.42 Å². The Morgan fingerprint density at radius 2 is 1.82 bits per heavy atom. The molecule has 1 aliphatic rings. The fourth-order valence-corrected chi connectivity index (χ4v) is 3.16. The van der Waals surface area contributed by atoms with Crippen molar-refractivity contribution in [2.24, 2.45) is 5.73 Å². The molecule has 11 heavy (non-hydrogen) atoms. The van der Waals surface area contributed by atoms with Crippen molar-refractivity contribution in [3.8, 4) is 0 Å². The minimum absolute atomic E-state index is 0.830. The minimum Gasteiger partial charge on any atom is -0.330 e. The van der Waals surface area contributed by atoms with Crippen LogP contribution >= 0.6 is 21.6 Å². The van der Waals surface area contributed by atoms with Gasteiger partial charge in [-0.15, -0.1) is 0 Å². The Bertz CT molecular complexity index is 92.4. The number of hydrogen-bond donors (Lipinski definition) is 1. The molecule has 4 heteroatoms. The first kappa shape index (κ1) is 9.71. The van der Waals surface area contributed by atoms with Gasteiger partial charge in [0.05, 0.1) is 0 Å². The average molecular weight is 192 g/mol. The quantitative estimate of drug-likeness (QED) is 0.676. The second-order valence-electron chi connectivity index (χ2n) is 2.63. The van der Waals surface area contributed by atoms with Gasteiger partial charge in [-0.25, -0.2) is 0 Å². The van der Waals surface area contributed by atoms with E-state index in [-0.39, 0.29) is 0 Å². The molecule has 0 saturated carbocycles. The van der Waals surface area contributed by atoms with Crippen LogP contribution in [0.2, 0.25) is 0 Å². The molecule has 0 unspecified atom stereocenters. The third-order valence-electron chi connectivity index (χ3n) is 1.74. The summed E-state index contributed by atoms with van der Waals surface area (Å²) in [5, 5.41) is 0. The van der Waals surface area contributed by atoms with Gasteiger partial charge < -0.3 is 10.6 Å². The lowest BCUT2D eigenvalue weighted by Crippen LogP contribution is -2.29. The summed E-state index contributed by atoms with van der Waals surface area (Å²) in [5.41, 5.74) is 5.45. The molecule has 0 aromatic rings. The molecule has 0 aliphatic carbocycles. The van der Waals surface area contributed by atoms with Crippen LogP contribution in [0.15, 0.2) is 0 Å². The molecule has 2 nitrogen and oxygen atoms in total. The maximum absolute atomic E-state index is 5.45. The Balaban J connectivity index is 2.09. The third-order valence-corrected chi connectivity index (χ3v) is 4.11. The van der Waals surface area contributed by atoms with E-state index in [9.17, 15) is 0 Å². The molecule has 0 aromatic carbocycles. The highest BCUT2D eigenvalue weighted by molar-refractivity contribution is 8.76. The van der Waals surface area contributed by atoms with Gasteiger partial charge in [0.15, 0.2) is 0 Å². The summed E-state index contributed by atoms with van der Waals surface area (Å²) < 4.78 is 0. The molecular weight excluding hydrogens is 176 g/mol. The first-order valence-corrected chi connectivity index (χ1v) is 6.59. The molecule has 1 fully saturated rings. The minimum atomic E-state index is 0.830. The van der Waals surface area contributed by atoms with Crippen LogP contribution in [-0.4, -0.2) is 42.6 Å². The number of nitrogens with two attached hydrogens (primary N) is 1. The van der Waals surface area contributed by atoms with Crippen LogP contribution < -0.4 is 5.73 Å². The maximum Gasteiger partial charge on any atom is 0.0165 e. The molecule has 66 valence electrons. The van der Waals surface area contributed by atoms with E-state index in [1.165, 1.54) is 31.1 Å². The topological polar surface area (TPSA) is 29.3 Å². The van der Waals surface area contributed by atoms with Gasteiger partial charge in [0.25, 0.3) is 0 Å². The van der Waals surface area contributed by atoms with E-state index in [0.717, 1.165) is 13.0 Å². The molecule has 1 heterocycles. The predicted octanol–water partition coefficient (Wildman–Crippen LogP) is 1.03. The largest absolute Gasteiger partial charge is 0.330 e. The van der Waals surface area contributed by atoms with E-state index >= 15 is 0 Å². The van der Waals surface area contributed by atoms with Gasteiger partial charge >= 0.3 is 0 Å². The Morgan fingerprint density at radius 1 is 1.18 bits per heavy atom. The molecule has 0 aromatic heterocycles. The van der Waals surface area contributed by atoms with Crippen molar-refractivity contribution >= 4 is 21.6 Å². The van der Waals surface area contributed by atoms with Gasteiger partial charge in [-0.2, -0.15) is 0 Å². The van der Waals surface area contributed by atoms with Crippen molar-refractivity contribution in [3.63, 3.8) is 0 Å². The molecule has 1 rings (SSSR count). The number of hydrogen-bond acceptors (Lipinski definition) is 4. The maximum atomic E-state index is 5.45. The first-order chi connectivity index (χ1) is 5.43. The Hall–Kier alpha value is 0.620. The van der Waals surface area contributed by atoms with Crippen LogP contribution in [0.3, 0.4) is 0 Å². The van der Waals surface area contributed by atoms with Crippen LogP contribution in [0.5, 0.6) is 0 Å². The summed E-state index contributed by atoms with van der Waals surface area (Å²) in [5.74, 6) is 2.55. The number of rotatable bonds is 3. The molecule has 0 atom stereocenters. The van der Waals surface area contributed by atoms with Crippen molar-refractivity contribution < 1.29 is 0 Å². The van der Waals surface area contributed by atoms with Gasteiger partial charge in [0.1, 0.15) is 0 Å². The normalized spacial score (nSPS) is 21.5. The first-order valence-electron chi connectivity index (χ1n) is 4.10. The van der Waals surface area contributed by atoms with Crippen molar-refractivity contribution in [1.29, 1.82) is 0 Å². The van der Waals surface area contributed by atoms with Crippen LogP contribution in [0.4, 0.5) is 0 Å². The zero-order valence-electron chi connectivity index (χ0n) is 6.79. The van der Waals surface area contributed by atoms with Crippen LogP contribution in [-0.2, 0) is 0 Å². The summed E-state index contributed by atoms with van der Waals surface area (Å²) in [4.78, 5) is 2.51. The Kier molecular flexibility index (Phi) is 5.45. The lowest BCUT2D eigenvalue weighted by Gasteiger charge is -2.17. The fourth-order valence-electron chi connectivity index (χ4n) is 1.10. The van der Waals surface area contributed by atoms with Crippen LogP contribution in [0, 0.1) is 0 Å². The smallest absolute Gasteiger partial charge is 0.0165 e. The summed E-state index contributed by atoms with van der Waals surface area (Å²) in [6.07, 6.45) is 1.15. The zero-order chi connectivity index (χ0) is 7.94. The monoisotopic (exact) mass is 192 g/mol. The molecule has 0 bridgehead atoms. The molecule has 0 spiro atoms. The average Bonchev–Trinajstić information content (AvgIpc) is 2.28. The zero-order valence-corrected chi connectivity index (χ0v) is 8.42. The molecule has 1 aliphatic heterocycles. The SMILES string of the molecule is NCCCN1CCSSCC1. The van der Waals surface area contributed by atoms with E-state index in [4.69, 9.17) is 5.73 Å². The van der Waals surface area contributed by atoms with Crippen molar-refractivity contribution in [3.05, 3.63) is 0 Å². The molecular formula is C7H16N2S2. The standard InChI is InChI=1S/C7H16N2S2/c8-2-1-3-9-4-6-10-11-7-5-9/h1-8H2. The van der Waals surface area contributed by atoms with Gasteiger partial charge in [-0.05, 0) is 19.5 Å². The molecule has 0 radical (unpaired) electrons. The van der Waals surface area contributed by atoms with Gasteiger partial charge in [0.2, 0.25) is 0 Å². The highest BCUT2D eigenvalue weighted by atomic mass is 33.1. The van der Waals surface area contributed by atoms with E-state index in [1.807, 2.05) is 21.6 Å². The van der Waals surface area contributed by atoms with E-state index in [1.54, 1.807) is 0 Å². The van der Waals surface area contributed by atoms with E-state index < -0.39 is 0 Å². The van der Waals surface area contributed by atoms with Gasteiger partial charge in [-0.3, -0.25) is 0 Å². The number of nitrogens with zero attached hydrogens (tertiary/aromatic N) is 1. The summed E-state index contributed by atoms with van der Waals surface area (Å²) in [7, 11) is 3.99. The van der Waals surface area contributed by atoms with E-state index in [2.05, 4.69) is 4.90 Å². The lowest BCUT2D eigenvalue weighted by atomic mass is 10.4. The predicted molar refractivity (Wildman–Crippen MR) is 55.0 cm³/mol. The third kappa shape index (κ3) is 4.25. The summed E-state index contributed by atoms with van der Waals surface area (Å²) in [6.45, 7) is 4.52. The van der Waals surface area contributed by atoms with Gasteiger partial charge in [-0.1, -0.05) is 21.6 Å². The van der Waals surface area contributed by atoms with Crippen molar-refractivity contribution in [1.82, 2.24) is 4.90 Å². The van der Waals surface area contributed by atoms with Crippen LogP contribution in [0.25, 0.3) is 0 Å². The molecule has 0 amide bonds. The van der Waals surface area contributed by atoms with Crippen molar-refractivity contribution in [2.75, 3.05) is 37.7 Å². The van der Waals surface area contributed by atoms with Gasteiger partial charge in [0, 0.05) is 24.6 Å². The lowest BCUT2D eigenvalue weighted by molar-refractivity contribution is 0.308. The Labute approximate surface area is 76.7 Å². The fraction of sp³-hybridized carbons (Fsp3) is 1.00. The van der Waals surface area contributed by atoms with E-state index in [0.29, 0.717) is 0 Å². The molecule has 2 N–H and O–H groups in total. The highest BCUT2D eigenvalue weighted by Crippen LogP contribution is 2.23. The Morgan fingerprint density at radius 3 is 2.36 bits per heavy atom. The summed E-state index contributed by atoms with van der Waals surface area (Å²) in [6, 6.07) is 0.